The van der Waals surface area contributed by atoms with Crippen LogP contribution in [0.15, 0.2) is 6.20 Å². The number of hydrogen-bond donors (Lipinski definition) is 1. The maximum absolute atomic E-state index is 6.43. The van der Waals surface area contributed by atoms with Gasteiger partial charge in [0.05, 0.1) is 29.1 Å². The number of ether oxygens (including phenoxy) is 1. The fraction of sp³-hybridized carbons (Fsp3) is 0.812. The van der Waals surface area contributed by atoms with Gasteiger partial charge >= 0.3 is 0 Å². The molecule has 0 bridgehead atoms. The molecule has 2 atom stereocenters. The number of aromatic nitrogens is 2. The van der Waals surface area contributed by atoms with Crippen molar-refractivity contribution in [3.8, 4) is 0 Å². The third kappa shape index (κ3) is 4.44. The predicted molar refractivity (Wildman–Crippen MR) is 88.9 cm³/mol. The molecule has 1 rings (SSSR count). The van der Waals surface area contributed by atoms with Gasteiger partial charge in [-0.1, -0.05) is 39.3 Å². The van der Waals surface area contributed by atoms with Gasteiger partial charge in [-0.15, -0.1) is 0 Å². The van der Waals surface area contributed by atoms with Crippen molar-refractivity contribution in [3.63, 3.8) is 0 Å². The summed E-state index contributed by atoms with van der Waals surface area (Å²) >= 11 is 6.43. The predicted octanol–water partition coefficient (Wildman–Crippen LogP) is 4.22. The molecule has 0 saturated heterocycles. The number of hydrogen-bond acceptors (Lipinski definition) is 3. The third-order valence-electron chi connectivity index (χ3n) is 3.60. The molecule has 21 heavy (non-hydrogen) atoms. The summed E-state index contributed by atoms with van der Waals surface area (Å²) in [6.07, 6.45) is 2.80. The van der Waals surface area contributed by atoms with Crippen LogP contribution in [0.25, 0.3) is 0 Å². The molecule has 0 radical (unpaired) electrons. The lowest BCUT2D eigenvalue weighted by molar-refractivity contribution is -0.0142. The summed E-state index contributed by atoms with van der Waals surface area (Å²) < 4.78 is 7.82. The van der Waals surface area contributed by atoms with Crippen LogP contribution in [0.4, 0.5) is 0 Å². The van der Waals surface area contributed by atoms with Crippen molar-refractivity contribution in [2.24, 2.45) is 5.41 Å². The van der Waals surface area contributed by atoms with E-state index in [-0.39, 0.29) is 23.6 Å². The molecule has 4 nitrogen and oxygen atoms in total. The molecule has 0 aliphatic carbocycles. The highest BCUT2D eigenvalue weighted by Crippen LogP contribution is 2.36. The molecule has 0 fully saturated rings. The standard InChI is InChI=1S/C16H30ClN3O/c1-8-9-18-13(15(21-7)16(4,5)6)14-12(17)10-19-20(14)11(2)3/h10-11,13,15,18H,8-9H2,1-7H3. The number of halogens is 1. The molecule has 1 aromatic rings. The Bertz CT molecular complexity index is 437. The average molecular weight is 316 g/mol. The van der Waals surface area contributed by atoms with Gasteiger partial charge in [-0.05, 0) is 32.2 Å². The highest BCUT2D eigenvalue weighted by Gasteiger charge is 2.36. The maximum Gasteiger partial charge on any atom is 0.0835 e. The summed E-state index contributed by atoms with van der Waals surface area (Å²) in [4.78, 5) is 0. The van der Waals surface area contributed by atoms with Gasteiger partial charge in [0.15, 0.2) is 0 Å². The first-order valence-electron chi connectivity index (χ1n) is 7.73. The minimum atomic E-state index is -0.00440. The van der Waals surface area contributed by atoms with Crippen molar-refractivity contribution in [1.29, 1.82) is 0 Å². The molecular formula is C16H30ClN3O. The van der Waals surface area contributed by atoms with E-state index in [9.17, 15) is 0 Å². The zero-order valence-electron chi connectivity index (χ0n) is 14.4. The second kappa shape index (κ2) is 7.61. The van der Waals surface area contributed by atoms with Crippen LogP contribution in [0, 0.1) is 5.41 Å². The fourth-order valence-corrected chi connectivity index (χ4v) is 2.94. The molecule has 122 valence electrons. The van der Waals surface area contributed by atoms with Crippen molar-refractivity contribution in [2.45, 2.75) is 66.2 Å². The molecule has 1 N–H and O–H groups in total. The monoisotopic (exact) mass is 315 g/mol. The first kappa shape index (κ1) is 18.5. The van der Waals surface area contributed by atoms with Crippen molar-refractivity contribution in [1.82, 2.24) is 15.1 Å². The van der Waals surface area contributed by atoms with Gasteiger partial charge < -0.3 is 10.1 Å². The molecule has 0 aromatic carbocycles. The van der Waals surface area contributed by atoms with Crippen LogP contribution >= 0.6 is 11.6 Å². The Labute approximate surface area is 134 Å². The third-order valence-corrected chi connectivity index (χ3v) is 3.89. The van der Waals surface area contributed by atoms with Crippen LogP contribution in [0.3, 0.4) is 0 Å². The van der Waals surface area contributed by atoms with Crippen molar-refractivity contribution >= 4 is 11.6 Å². The van der Waals surface area contributed by atoms with Gasteiger partial charge in [-0.25, -0.2) is 0 Å². The molecule has 0 amide bonds. The van der Waals surface area contributed by atoms with Crippen LogP contribution < -0.4 is 5.32 Å². The van der Waals surface area contributed by atoms with Gasteiger partial charge in [0, 0.05) is 13.2 Å². The minimum Gasteiger partial charge on any atom is -0.379 e. The molecule has 1 aromatic heterocycles. The molecule has 0 spiro atoms. The first-order valence-corrected chi connectivity index (χ1v) is 8.10. The van der Waals surface area contributed by atoms with Gasteiger partial charge in [0.1, 0.15) is 0 Å². The summed E-state index contributed by atoms with van der Waals surface area (Å²) in [6, 6.07) is 0.281. The Morgan fingerprint density at radius 1 is 1.38 bits per heavy atom. The SMILES string of the molecule is CCCNC(c1c(Cl)cnn1C(C)C)C(OC)C(C)(C)C. The normalized spacial score (nSPS) is 15.5. The summed E-state index contributed by atoms with van der Waals surface area (Å²) in [7, 11) is 1.76. The molecular weight excluding hydrogens is 286 g/mol. The smallest absolute Gasteiger partial charge is 0.0835 e. The van der Waals surface area contributed by atoms with E-state index in [1.54, 1.807) is 13.3 Å². The van der Waals surface area contributed by atoms with Gasteiger partial charge in [0.2, 0.25) is 0 Å². The van der Waals surface area contributed by atoms with E-state index in [0.717, 1.165) is 18.7 Å². The van der Waals surface area contributed by atoms with Gasteiger partial charge in [-0.3, -0.25) is 4.68 Å². The molecule has 5 heteroatoms. The lowest BCUT2D eigenvalue weighted by atomic mass is 9.83. The topological polar surface area (TPSA) is 39.1 Å². The second-order valence-electron chi connectivity index (χ2n) is 6.87. The van der Waals surface area contributed by atoms with Crippen LogP contribution in [0.5, 0.6) is 0 Å². The Morgan fingerprint density at radius 3 is 2.43 bits per heavy atom. The Hall–Kier alpha value is -0.580. The maximum atomic E-state index is 6.43. The lowest BCUT2D eigenvalue weighted by Crippen LogP contribution is -2.43. The van der Waals surface area contributed by atoms with Crippen molar-refractivity contribution in [2.75, 3.05) is 13.7 Å². The largest absolute Gasteiger partial charge is 0.379 e. The van der Waals surface area contributed by atoms with Crippen molar-refractivity contribution < 1.29 is 4.74 Å². The van der Waals surface area contributed by atoms with Gasteiger partial charge in [-0.2, -0.15) is 5.10 Å². The zero-order chi connectivity index (χ0) is 16.2. The molecule has 2 unspecified atom stereocenters. The van der Waals surface area contributed by atoms with Gasteiger partial charge in [0.25, 0.3) is 0 Å². The van der Waals surface area contributed by atoms with E-state index in [1.165, 1.54) is 0 Å². The molecule has 0 saturated carbocycles. The summed E-state index contributed by atoms with van der Waals surface area (Å²) in [5.74, 6) is 0. The molecule has 0 aliphatic rings. The minimum absolute atomic E-state index is 0.00440. The molecule has 0 aliphatic heterocycles. The van der Waals surface area contributed by atoms with E-state index in [2.05, 4.69) is 52.0 Å². The second-order valence-corrected chi connectivity index (χ2v) is 7.28. The Balaban J connectivity index is 3.28. The van der Waals surface area contributed by atoms with E-state index in [4.69, 9.17) is 16.3 Å². The Morgan fingerprint density at radius 2 is 2.00 bits per heavy atom. The summed E-state index contributed by atoms with van der Waals surface area (Å²) in [6.45, 7) is 13.9. The molecule has 1 heterocycles. The highest BCUT2D eigenvalue weighted by molar-refractivity contribution is 6.31. The average Bonchev–Trinajstić information content (AvgIpc) is 2.75. The first-order chi connectivity index (χ1) is 9.73. The fourth-order valence-electron chi connectivity index (χ4n) is 2.69. The van der Waals surface area contributed by atoms with Crippen LogP contribution in [0.1, 0.15) is 65.7 Å². The van der Waals surface area contributed by atoms with Crippen LogP contribution in [-0.2, 0) is 4.74 Å². The van der Waals surface area contributed by atoms with E-state index in [0.29, 0.717) is 5.02 Å². The van der Waals surface area contributed by atoms with Crippen molar-refractivity contribution in [3.05, 3.63) is 16.9 Å². The van der Waals surface area contributed by atoms with E-state index in [1.807, 2.05) is 4.68 Å². The van der Waals surface area contributed by atoms with E-state index < -0.39 is 0 Å². The quantitative estimate of drug-likeness (QED) is 0.819. The lowest BCUT2D eigenvalue weighted by Gasteiger charge is -2.37. The summed E-state index contributed by atoms with van der Waals surface area (Å²) in [5, 5.41) is 8.73. The summed E-state index contributed by atoms with van der Waals surface area (Å²) in [5.41, 5.74) is 1.01. The number of nitrogens with one attached hydrogen (secondary N) is 1. The Kier molecular flexibility index (Phi) is 6.70. The van der Waals surface area contributed by atoms with Crippen LogP contribution in [0.2, 0.25) is 5.02 Å². The zero-order valence-corrected chi connectivity index (χ0v) is 15.2. The van der Waals surface area contributed by atoms with Crippen LogP contribution in [-0.4, -0.2) is 29.5 Å². The number of rotatable bonds is 7. The van der Waals surface area contributed by atoms with E-state index >= 15 is 0 Å². The number of nitrogens with zero attached hydrogens (tertiary/aromatic N) is 2. The number of methoxy groups -OCH3 is 1. The highest BCUT2D eigenvalue weighted by atomic mass is 35.5.